The van der Waals surface area contributed by atoms with Gasteiger partial charge in [0, 0.05) is 6.04 Å². The molecule has 0 aromatic heterocycles. The lowest BCUT2D eigenvalue weighted by atomic mass is 10.1. The van der Waals surface area contributed by atoms with Crippen molar-refractivity contribution in [3.63, 3.8) is 0 Å². The van der Waals surface area contributed by atoms with E-state index in [0.29, 0.717) is 5.56 Å². The van der Waals surface area contributed by atoms with Crippen LogP contribution in [0.15, 0.2) is 18.2 Å². The molecule has 0 heterocycles. The van der Waals surface area contributed by atoms with Crippen molar-refractivity contribution in [2.24, 2.45) is 5.73 Å². The summed E-state index contributed by atoms with van der Waals surface area (Å²) in [7, 11) is 0. The van der Waals surface area contributed by atoms with Crippen LogP contribution in [0.4, 0.5) is 4.39 Å². The van der Waals surface area contributed by atoms with Gasteiger partial charge in [-0.2, -0.15) is 0 Å². The average molecular weight is 190 g/mol. The maximum Gasteiger partial charge on any atom is 0.126 e. The van der Waals surface area contributed by atoms with Gasteiger partial charge in [-0.15, -0.1) is 12.4 Å². The quantitative estimate of drug-likeness (QED) is 0.722. The van der Waals surface area contributed by atoms with Gasteiger partial charge in [0.15, 0.2) is 0 Å². The molecule has 3 heteroatoms. The second kappa shape index (κ2) is 4.43. The first kappa shape index (κ1) is 11.4. The molecule has 2 N–H and O–H groups in total. The fourth-order valence-electron chi connectivity index (χ4n) is 0.892. The summed E-state index contributed by atoms with van der Waals surface area (Å²) in [6, 6.07) is 4.99. The van der Waals surface area contributed by atoms with E-state index in [0.717, 1.165) is 5.56 Å². The lowest BCUT2D eigenvalue weighted by Crippen LogP contribution is -2.05. The van der Waals surface area contributed by atoms with E-state index in [-0.39, 0.29) is 24.3 Å². The van der Waals surface area contributed by atoms with Crippen molar-refractivity contribution >= 4 is 12.4 Å². The summed E-state index contributed by atoms with van der Waals surface area (Å²) in [6.45, 7) is 3.57. The van der Waals surface area contributed by atoms with Crippen LogP contribution in [0.1, 0.15) is 24.1 Å². The number of rotatable bonds is 1. The second-order valence-corrected chi connectivity index (χ2v) is 2.80. The molecule has 1 atom stereocenters. The number of hydrogen-bond acceptors (Lipinski definition) is 1. The minimum atomic E-state index is -0.181. The van der Waals surface area contributed by atoms with Crippen molar-refractivity contribution in [1.82, 2.24) is 0 Å². The van der Waals surface area contributed by atoms with Crippen LogP contribution >= 0.6 is 12.4 Å². The van der Waals surface area contributed by atoms with Crippen LogP contribution in [0, 0.1) is 12.7 Å². The highest BCUT2D eigenvalue weighted by Gasteiger charge is 2.01. The third-order valence-electron chi connectivity index (χ3n) is 1.72. The standard InChI is InChI=1S/C9H12FN.ClH/c1-6-3-4-8(7(2)11)5-9(6)10;/h3-5,7H,11H2,1-2H3;1H/t7-;/m0./s1. The van der Waals surface area contributed by atoms with Crippen LogP contribution in [-0.4, -0.2) is 0 Å². The summed E-state index contributed by atoms with van der Waals surface area (Å²) in [5.74, 6) is -0.181. The molecule has 1 aromatic rings. The van der Waals surface area contributed by atoms with E-state index in [2.05, 4.69) is 0 Å². The van der Waals surface area contributed by atoms with Crippen LogP contribution in [0.5, 0.6) is 0 Å². The van der Waals surface area contributed by atoms with E-state index in [1.54, 1.807) is 13.0 Å². The summed E-state index contributed by atoms with van der Waals surface area (Å²) < 4.78 is 12.9. The molecule has 12 heavy (non-hydrogen) atoms. The Balaban J connectivity index is 0.00000121. The third kappa shape index (κ3) is 2.47. The van der Waals surface area contributed by atoms with Crippen molar-refractivity contribution in [3.8, 4) is 0 Å². The highest BCUT2D eigenvalue weighted by atomic mass is 35.5. The Labute approximate surface area is 78.2 Å². The van der Waals surface area contributed by atoms with Crippen molar-refractivity contribution < 1.29 is 4.39 Å². The predicted molar refractivity (Wildman–Crippen MR) is 51.0 cm³/mol. The van der Waals surface area contributed by atoms with Gasteiger partial charge < -0.3 is 5.73 Å². The van der Waals surface area contributed by atoms with E-state index in [1.165, 1.54) is 6.07 Å². The summed E-state index contributed by atoms with van der Waals surface area (Å²) in [5.41, 5.74) is 7.07. The van der Waals surface area contributed by atoms with Gasteiger partial charge >= 0.3 is 0 Å². The van der Waals surface area contributed by atoms with Gasteiger partial charge in [-0.1, -0.05) is 12.1 Å². The van der Waals surface area contributed by atoms with Crippen LogP contribution in [-0.2, 0) is 0 Å². The zero-order valence-corrected chi connectivity index (χ0v) is 7.99. The molecule has 0 aliphatic heterocycles. The van der Waals surface area contributed by atoms with Gasteiger partial charge in [0.1, 0.15) is 5.82 Å². The molecule has 0 saturated carbocycles. The average Bonchev–Trinajstić information content (AvgIpc) is 1.94. The van der Waals surface area contributed by atoms with E-state index in [1.807, 2.05) is 13.0 Å². The molecule has 1 rings (SSSR count). The van der Waals surface area contributed by atoms with Crippen LogP contribution in [0.25, 0.3) is 0 Å². The highest BCUT2D eigenvalue weighted by molar-refractivity contribution is 5.85. The first-order valence-corrected chi connectivity index (χ1v) is 3.63. The minimum absolute atomic E-state index is 0. The van der Waals surface area contributed by atoms with Crippen LogP contribution in [0.2, 0.25) is 0 Å². The number of halogens is 2. The van der Waals surface area contributed by atoms with Gasteiger partial charge in [0.05, 0.1) is 0 Å². The summed E-state index contributed by atoms with van der Waals surface area (Å²) >= 11 is 0. The van der Waals surface area contributed by atoms with Gasteiger partial charge in [-0.3, -0.25) is 0 Å². The third-order valence-corrected chi connectivity index (χ3v) is 1.72. The Kier molecular flexibility index (Phi) is 4.21. The molecule has 0 radical (unpaired) electrons. The molecule has 0 aliphatic carbocycles. The molecule has 0 fully saturated rings. The number of benzene rings is 1. The van der Waals surface area contributed by atoms with E-state index < -0.39 is 0 Å². The molecule has 0 amide bonds. The highest BCUT2D eigenvalue weighted by Crippen LogP contribution is 2.13. The number of aryl methyl sites for hydroxylation is 1. The normalized spacial score (nSPS) is 12.0. The van der Waals surface area contributed by atoms with Gasteiger partial charge in [0.2, 0.25) is 0 Å². The summed E-state index contributed by atoms with van der Waals surface area (Å²) in [6.07, 6.45) is 0. The van der Waals surface area contributed by atoms with Gasteiger partial charge in [0.25, 0.3) is 0 Å². The topological polar surface area (TPSA) is 26.0 Å². The molecule has 0 saturated heterocycles. The Bertz CT molecular complexity index is 261. The maximum absolute atomic E-state index is 12.9. The zero-order chi connectivity index (χ0) is 8.43. The van der Waals surface area contributed by atoms with E-state index in [4.69, 9.17) is 5.73 Å². The summed E-state index contributed by atoms with van der Waals surface area (Å²) in [4.78, 5) is 0. The van der Waals surface area contributed by atoms with Crippen molar-refractivity contribution in [2.75, 3.05) is 0 Å². The largest absolute Gasteiger partial charge is 0.324 e. The second-order valence-electron chi connectivity index (χ2n) is 2.80. The first-order valence-electron chi connectivity index (χ1n) is 3.63. The Morgan fingerprint density at radius 3 is 2.42 bits per heavy atom. The van der Waals surface area contributed by atoms with Crippen molar-refractivity contribution in [1.29, 1.82) is 0 Å². The minimum Gasteiger partial charge on any atom is -0.324 e. The Morgan fingerprint density at radius 1 is 1.42 bits per heavy atom. The SMILES string of the molecule is Cc1ccc([C@H](C)N)cc1F.Cl. The van der Waals surface area contributed by atoms with Gasteiger partial charge in [-0.05, 0) is 31.0 Å². The molecule has 0 unspecified atom stereocenters. The van der Waals surface area contributed by atoms with Gasteiger partial charge in [-0.25, -0.2) is 4.39 Å². The fraction of sp³-hybridized carbons (Fsp3) is 0.333. The number of hydrogen-bond donors (Lipinski definition) is 1. The molecule has 1 nitrogen and oxygen atoms in total. The molecular weight excluding hydrogens is 177 g/mol. The smallest absolute Gasteiger partial charge is 0.126 e. The van der Waals surface area contributed by atoms with E-state index in [9.17, 15) is 4.39 Å². The fourth-order valence-corrected chi connectivity index (χ4v) is 0.892. The molecular formula is C9H13ClFN. The lowest BCUT2D eigenvalue weighted by molar-refractivity contribution is 0.613. The zero-order valence-electron chi connectivity index (χ0n) is 7.17. The Hall–Kier alpha value is -0.600. The number of nitrogens with two attached hydrogens (primary N) is 1. The molecule has 0 bridgehead atoms. The maximum atomic E-state index is 12.9. The molecule has 0 spiro atoms. The lowest BCUT2D eigenvalue weighted by Gasteiger charge is -2.05. The van der Waals surface area contributed by atoms with Crippen LogP contribution in [0.3, 0.4) is 0 Å². The molecule has 1 aromatic carbocycles. The van der Waals surface area contributed by atoms with Crippen LogP contribution < -0.4 is 5.73 Å². The predicted octanol–water partition coefficient (Wildman–Crippen LogP) is 2.58. The Morgan fingerprint density at radius 2 is 2.00 bits per heavy atom. The van der Waals surface area contributed by atoms with Crippen molar-refractivity contribution in [2.45, 2.75) is 19.9 Å². The molecule has 68 valence electrons. The summed E-state index contributed by atoms with van der Waals surface area (Å²) in [5, 5.41) is 0. The van der Waals surface area contributed by atoms with Crippen molar-refractivity contribution in [3.05, 3.63) is 35.1 Å². The first-order chi connectivity index (χ1) is 5.11. The monoisotopic (exact) mass is 189 g/mol. The van der Waals surface area contributed by atoms with E-state index >= 15 is 0 Å². The molecule has 0 aliphatic rings.